The number of amides is 1. The van der Waals surface area contributed by atoms with Gasteiger partial charge in [0, 0.05) is 17.8 Å². The molecule has 0 unspecified atom stereocenters. The first-order chi connectivity index (χ1) is 16.4. The summed E-state index contributed by atoms with van der Waals surface area (Å²) in [5, 5.41) is 0.613. The van der Waals surface area contributed by atoms with Crippen molar-refractivity contribution in [2.75, 3.05) is 6.54 Å². The lowest BCUT2D eigenvalue weighted by Gasteiger charge is -2.14. The van der Waals surface area contributed by atoms with Gasteiger partial charge in [0.25, 0.3) is 11.5 Å². The number of hydrogen-bond acceptors (Lipinski definition) is 6. The van der Waals surface area contributed by atoms with Crippen molar-refractivity contribution in [2.45, 2.75) is 39.5 Å². The molecule has 0 bridgehead atoms. The fourth-order valence-corrected chi connectivity index (χ4v) is 5.00. The predicted molar refractivity (Wildman–Crippen MR) is 142 cm³/mol. The van der Waals surface area contributed by atoms with Crippen LogP contribution in [0, 0.1) is 6.92 Å². The second-order valence-electron chi connectivity index (χ2n) is 7.97. The Morgan fingerprint density at radius 1 is 1.18 bits per heavy atom. The first-order valence-corrected chi connectivity index (χ1v) is 12.7. The normalized spacial score (nSPS) is 15.0. The number of benzene rings is 1. The Labute approximate surface area is 212 Å². The minimum atomic E-state index is -0.334. The second kappa shape index (κ2) is 10.7. The number of aryl methyl sites for hydroxylation is 1. The molecule has 9 heteroatoms. The van der Waals surface area contributed by atoms with Crippen molar-refractivity contribution >= 4 is 57.5 Å². The van der Waals surface area contributed by atoms with Crippen molar-refractivity contribution < 1.29 is 9.53 Å². The molecule has 1 fully saturated rings. The maximum Gasteiger partial charge on any atom is 0.269 e. The zero-order valence-electron chi connectivity index (χ0n) is 18.9. The van der Waals surface area contributed by atoms with Crippen molar-refractivity contribution in [3.63, 3.8) is 0 Å². The van der Waals surface area contributed by atoms with Crippen LogP contribution >= 0.6 is 35.6 Å². The highest BCUT2D eigenvalue weighted by Crippen LogP contribution is 2.34. The van der Waals surface area contributed by atoms with E-state index in [0.29, 0.717) is 32.2 Å². The van der Waals surface area contributed by atoms with Gasteiger partial charge in [-0.05, 0) is 55.3 Å². The number of nitrogens with zero attached hydrogens (tertiary/aromatic N) is 3. The van der Waals surface area contributed by atoms with Crippen LogP contribution in [0.4, 0.5) is 0 Å². The number of thioether (sulfide) groups is 1. The number of unbranched alkanes of at least 4 members (excludes halogenated alkanes) is 3. The number of fused-ring (bicyclic) bond motifs is 1. The third kappa shape index (κ3) is 5.19. The summed E-state index contributed by atoms with van der Waals surface area (Å²) in [7, 11) is 0. The van der Waals surface area contributed by atoms with Crippen LogP contribution in [-0.2, 0) is 4.79 Å². The molecule has 0 aliphatic carbocycles. The molecule has 34 heavy (non-hydrogen) atoms. The Morgan fingerprint density at radius 3 is 2.76 bits per heavy atom. The molecule has 1 aromatic carbocycles. The van der Waals surface area contributed by atoms with Crippen molar-refractivity contribution in [3.8, 4) is 11.6 Å². The van der Waals surface area contributed by atoms with E-state index in [4.69, 9.17) is 28.6 Å². The van der Waals surface area contributed by atoms with Gasteiger partial charge >= 0.3 is 0 Å². The molecule has 3 aromatic rings. The smallest absolute Gasteiger partial charge is 0.269 e. The fourth-order valence-electron chi connectivity index (χ4n) is 3.60. The maximum absolute atomic E-state index is 13.4. The summed E-state index contributed by atoms with van der Waals surface area (Å²) >= 11 is 12.8. The average Bonchev–Trinajstić information content (AvgIpc) is 3.09. The number of halogens is 1. The van der Waals surface area contributed by atoms with Crippen molar-refractivity contribution in [1.29, 1.82) is 0 Å². The molecule has 1 aliphatic rings. The number of carbonyl (C=O) groups is 1. The molecular formula is C25H24ClN3O3S2. The standard InChI is InChI=1S/C25H24ClN3O3S2/c1-3-4-5-7-13-29-24(31)20(34-25(29)33)15-18-22(32-17-10-11-19(26)16(2)14-17)27-21-9-6-8-12-28(21)23(18)30/h6,8-12,14-15H,3-5,7,13H2,1-2H3/b20-15+. The van der Waals surface area contributed by atoms with Gasteiger partial charge in [-0.3, -0.25) is 18.9 Å². The molecule has 6 nitrogen and oxygen atoms in total. The third-order valence-corrected chi connectivity index (χ3v) is 7.26. The number of rotatable bonds is 8. The van der Waals surface area contributed by atoms with Crippen LogP contribution in [0.2, 0.25) is 5.02 Å². The first-order valence-electron chi connectivity index (χ1n) is 11.1. The first kappa shape index (κ1) is 24.4. The van der Waals surface area contributed by atoms with Gasteiger partial charge < -0.3 is 4.74 Å². The topological polar surface area (TPSA) is 63.9 Å². The van der Waals surface area contributed by atoms with E-state index in [-0.39, 0.29) is 22.9 Å². The second-order valence-corrected chi connectivity index (χ2v) is 10.1. The van der Waals surface area contributed by atoms with Crippen LogP contribution in [0.3, 0.4) is 0 Å². The molecule has 0 spiro atoms. The van der Waals surface area contributed by atoms with E-state index in [1.165, 1.54) is 22.2 Å². The largest absolute Gasteiger partial charge is 0.438 e. The highest BCUT2D eigenvalue weighted by atomic mass is 35.5. The minimum Gasteiger partial charge on any atom is -0.438 e. The Morgan fingerprint density at radius 2 is 2.00 bits per heavy atom. The van der Waals surface area contributed by atoms with E-state index in [9.17, 15) is 9.59 Å². The number of aromatic nitrogens is 2. The third-order valence-electron chi connectivity index (χ3n) is 5.46. The van der Waals surface area contributed by atoms with Gasteiger partial charge in [-0.1, -0.05) is 67.8 Å². The van der Waals surface area contributed by atoms with Crippen LogP contribution in [0.5, 0.6) is 11.6 Å². The highest BCUT2D eigenvalue weighted by molar-refractivity contribution is 8.26. The molecule has 1 amide bonds. The Bertz CT molecular complexity index is 1350. The van der Waals surface area contributed by atoms with Gasteiger partial charge in [0.05, 0.1) is 4.91 Å². The zero-order valence-corrected chi connectivity index (χ0v) is 21.3. The van der Waals surface area contributed by atoms with E-state index in [1.807, 2.05) is 6.92 Å². The van der Waals surface area contributed by atoms with E-state index < -0.39 is 0 Å². The van der Waals surface area contributed by atoms with E-state index >= 15 is 0 Å². The molecule has 0 radical (unpaired) electrons. The number of ether oxygens (including phenoxy) is 1. The number of pyridine rings is 1. The number of hydrogen-bond donors (Lipinski definition) is 0. The van der Waals surface area contributed by atoms with Gasteiger partial charge in [0.2, 0.25) is 5.88 Å². The summed E-state index contributed by atoms with van der Waals surface area (Å²) in [6.07, 6.45) is 7.34. The fraction of sp³-hybridized carbons (Fsp3) is 0.280. The van der Waals surface area contributed by atoms with Crippen molar-refractivity contribution in [2.24, 2.45) is 0 Å². The van der Waals surface area contributed by atoms with Gasteiger partial charge in [-0.25, -0.2) is 0 Å². The van der Waals surface area contributed by atoms with Crippen molar-refractivity contribution in [1.82, 2.24) is 14.3 Å². The molecule has 0 atom stereocenters. The monoisotopic (exact) mass is 513 g/mol. The van der Waals surface area contributed by atoms with Crippen LogP contribution in [0.1, 0.15) is 43.7 Å². The van der Waals surface area contributed by atoms with E-state index in [2.05, 4.69) is 11.9 Å². The predicted octanol–water partition coefficient (Wildman–Crippen LogP) is 6.23. The molecule has 4 rings (SSSR count). The van der Waals surface area contributed by atoms with E-state index in [0.717, 1.165) is 31.2 Å². The van der Waals surface area contributed by atoms with Crippen LogP contribution in [0.25, 0.3) is 11.7 Å². The quantitative estimate of drug-likeness (QED) is 0.202. The average molecular weight is 514 g/mol. The summed E-state index contributed by atoms with van der Waals surface area (Å²) in [6.45, 7) is 4.58. The van der Waals surface area contributed by atoms with Crippen molar-refractivity contribution in [3.05, 3.63) is 74.0 Å². The summed E-state index contributed by atoms with van der Waals surface area (Å²) in [4.78, 5) is 33.0. The molecule has 3 heterocycles. The van der Waals surface area contributed by atoms with Gasteiger partial charge in [-0.2, -0.15) is 4.98 Å². The molecule has 1 aliphatic heterocycles. The number of thiocarbonyl (C=S) groups is 1. The lowest BCUT2D eigenvalue weighted by atomic mass is 10.2. The summed E-state index contributed by atoms with van der Waals surface area (Å²) in [6, 6.07) is 10.5. The lowest BCUT2D eigenvalue weighted by Crippen LogP contribution is -2.29. The Balaban J connectivity index is 1.73. The van der Waals surface area contributed by atoms with Gasteiger partial charge in [0.1, 0.15) is 21.3 Å². The van der Waals surface area contributed by atoms with Gasteiger partial charge in [0.15, 0.2) is 0 Å². The summed E-state index contributed by atoms with van der Waals surface area (Å²) in [5.41, 5.74) is 1.12. The molecule has 1 saturated heterocycles. The minimum absolute atomic E-state index is 0.117. The molecular weight excluding hydrogens is 490 g/mol. The maximum atomic E-state index is 13.4. The molecule has 2 aromatic heterocycles. The van der Waals surface area contributed by atoms with Crippen LogP contribution in [0.15, 0.2) is 52.3 Å². The summed E-state index contributed by atoms with van der Waals surface area (Å²) < 4.78 is 7.96. The van der Waals surface area contributed by atoms with Crippen LogP contribution < -0.4 is 10.3 Å². The lowest BCUT2D eigenvalue weighted by molar-refractivity contribution is -0.122. The SMILES string of the molecule is CCCCCCN1C(=O)/C(=C\c2c(Oc3ccc(Cl)c(C)c3)nc3ccccn3c2=O)SC1=S. The van der Waals surface area contributed by atoms with Gasteiger partial charge in [-0.15, -0.1) is 0 Å². The molecule has 176 valence electrons. The van der Waals surface area contributed by atoms with Crippen LogP contribution in [-0.4, -0.2) is 31.1 Å². The molecule has 0 saturated carbocycles. The Kier molecular flexibility index (Phi) is 7.70. The summed E-state index contributed by atoms with van der Waals surface area (Å²) in [5.74, 6) is 0.413. The molecule has 0 N–H and O–H groups in total. The number of carbonyl (C=O) groups excluding carboxylic acids is 1. The van der Waals surface area contributed by atoms with E-state index in [1.54, 1.807) is 47.5 Å². The highest BCUT2D eigenvalue weighted by Gasteiger charge is 2.32. The zero-order chi connectivity index (χ0) is 24.2. The Hall–Kier alpha value is -2.68.